The highest BCUT2D eigenvalue weighted by Crippen LogP contribution is 2.23. The molecule has 0 spiro atoms. The highest BCUT2D eigenvalue weighted by Gasteiger charge is 2.23. The Kier molecular flexibility index (Phi) is 7.58. The third kappa shape index (κ3) is 6.06. The first kappa shape index (κ1) is 26.6. The van der Waals surface area contributed by atoms with Gasteiger partial charge in [0.15, 0.2) is 6.10 Å². The third-order valence-electron chi connectivity index (χ3n) is 5.72. The standard InChI is InChI=1S/C27H24FN3O6S/c1-3-17-4-8-19(9-5-17)29-26(33)16(2)37-27(34)23-15-25(32)30-24-13-12-21(14-22(23)24)38(35,36)31-20-10-6-18(28)7-11-20/h4-16,31H,3H2,1-2H3,(H,29,33)(H,30,32)/t16-/m0/s1. The number of ether oxygens (including phenoxy) is 1. The molecule has 9 nitrogen and oxygen atoms in total. The summed E-state index contributed by atoms with van der Waals surface area (Å²) >= 11 is 0. The molecule has 0 aliphatic carbocycles. The molecule has 3 N–H and O–H groups in total. The minimum Gasteiger partial charge on any atom is -0.449 e. The lowest BCUT2D eigenvalue weighted by atomic mass is 10.1. The summed E-state index contributed by atoms with van der Waals surface area (Å²) in [7, 11) is -4.13. The molecule has 1 aromatic heterocycles. The number of pyridine rings is 1. The molecule has 0 saturated carbocycles. The molecule has 0 saturated heterocycles. The van der Waals surface area contributed by atoms with E-state index in [4.69, 9.17) is 4.74 Å². The van der Waals surface area contributed by atoms with Gasteiger partial charge in [-0.2, -0.15) is 0 Å². The number of rotatable bonds is 8. The van der Waals surface area contributed by atoms with Crippen LogP contribution in [0.5, 0.6) is 0 Å². The number of carbonyl (C=O) groups excluding carboxylic acids is 2. The van der Waals surface area contributed by atoms with Gasteiger partial charge in [0.05, 0.1) is 10.5 Å². The molecular formula is C27H24FN3O6S. The molecule has 11 heteroatoms. The number of H-pyrrole nitrogens is 1. The summed E-state index contributed by atoms with van der Waals surface area (Å²) in [6.45, 7) is 3.39. The molecule has 1 atom stereocenters. The lowest BCUT2D eigenvalue weighted by molar-refractivity contribution is -0.123. The Morgan fingerprint density at radius 2 is 1.63 bits per heavy atom. The molecule has 0 unspecified atom stereocenters. The maximum Gasteiger partial charge on any atom is 0.339 e. The Hall–Kier alpha value is -4.51. The summed E-state index contributed by atoms with van der Waals surface area (Å²) in [5.41, 5.74) is 1.13. The molecule has 1 amide bonds. The molecule has 0 bridgehead atoms. The number of benzene rings is 3. The second kappa shape index (κ2) is 10.9. The third-order valence-corrected chi connectivity index (χ3v) is 7.10. The number of halogens is 1. The fraction of sp³-hybridized carbons (Fsp3) is 0.148. The van der Waals surface area contributed by atoms with Gasteiger partial charge in [0.25, 0.3) is 15.9 Å². The van der Waals surface area contributed by atoms with Crippen LogP contribution in [0.25, 0.3) is 10.9 Å². The van der Waals surface area contributed by atoms with E-state index < -0.39 is 39.4 Å². The van der Waals surface area contributed by atoms with Crippen LogP contribution in [0, 0.1) is 5.82 Å². The Morgan fingerprint density at radius 1 is 0.974 bits per heavy atom. The van der Waals surface area contributed by atoms with E-state index >= 15 is 0 Å². The van der Waals surface area contributed by atoms with Crippen molar-refractivity contribution in [3.63, 3.8) is 0 Å². The molecule has 3 aromatic carbocycles. The van der Waals surface area contributed by atoms with E-state index in [9.17, 15) is 27.2 Å². The van der Waals surface area contributed by atoms with Gasteiger partial charge in [-0.05, 0) is 73.5 Å². The van der Waals surface area contributed by atoms with Gasteiger partial charge >= 0.3 is 5.97 Å². The van der Waals surface area contributed by atoms with Crippen molar-refractivity contribution in [1.29, 1.82) is 0 Å². The highest BCUT2D eigenvalue weighted by molar-refractivity contribution is 7.92. The first-order valence-corrected chi connectivity index (χ1v) is 13.1. The van der Waals surface area contributed by atoms with Crippen LogP contribution in [0.2, 0.25) is 0 Å². The van der Waals surface area contributed by atoms with Crippen molar-refractivity contribution >= 4 is 44.2 Å². The molecule has 38 heavy (non-hydrogen) atoms. The minimum atomic E-state index is -4.13. The zero-order valence-corrected chi connectivity index (χ0v) is 21.3. The number of hydrogen-bond donors (Lipinski definition) is 3. The van der Waals surface area contributed by atoms with Gasteiger partial charge < -0.3 is 15.0 Å². The van der Waals surface area contributed by atoms with Crippen LogP contribution in [0.15, 0.2) is 82.5 Å². The molecule has 0 aliphatic rings. The fourth-order valence-electron chi connectivity index (χ4n) is 3.65. The van der Waals surface area contributed by atoms with Gasteiger partial charge in [-0.1, -0.05) is 19.1 Å². The smallest absolute Gasteiger partial charge is 0.339 e. The zero-order valence-electron chi connectivity index (χ0n) is 20.4. The quantitative estimate of drug-likeness (QED) is 0.288. The monoisotopic (exact) mass is 537 g/mol. The van der Waals surface area contributed by atoms with Crippen LogP contribution in [0.1, 0.15) is 29.8 Å². The summed E-state index contributed by atoms with van der Waals surface area (Å²) < 4.78 is 46.6. The molecule has 196 valence electrons. The number of sulfonamides is 1. The first-order valence-electron chi connectivity index (χ1n) is 11.6. The first-order chi connectivity index (χ1) is 18.1. The zero-order chi connectivity index (χ0) is 27.4. The van der Waals surface area contributed by atoms with Crippen molar-refractivity contribution in [2.24, 2.45) is 0 Å². The molecular weight excluding hydrogens is 513 g/mol. The van der Waals surface area contributed by atoms with Crippen LogP contribution in [-0.4, -0.2) is 31.4 Å². The van der Waals surface area contributed by atoms with E-state index in [0.717, 1.165) is 30.2 Å². The summed E-state index contributed by atoms with van der Waals surface area (Å²) in [4.78, 5) is 40.1. The Morgan fingerprint density at radius 3 is 2.29 bits per heavy atom. The number of fused-ring (bicyclic) bond motifs is 1. The van der Waals surface area contributed by atoms with Crippen LogP contribution in [0.3, 0.4) is 0 Å². The largest absolute Gasteiger partial charge is 0.449 e. The van der Waals surface area contributed by atoms with E-state index in [1.807, 2.05) is 19.1 Å². The maximum atomic E-state index is 13.2. The van der Waals surface area contributed by atoms with Crippen LogP contribution in [0.4, 0.5) is 15.8 Å². The van der Waals surface area contributed by atoms with Gasteiger partial charge in [0.1, 0.15) is 5.82 Å². The summed E-state index contributed by atoms with van der Waals surface area (Å²) in [5, 5.41) is 2.76. The van der Waals surface area contributed by atoms with Crippen LogP contribution >= 0.6 is 0 Å². The number of amides is 1. The van der Waals surface area contributed by atoms with Gasteiger partial charge in [-0.15, -0.1) is 0 Å². The number of aromatic amines is 1. The SMILES string of the molecule is CCc1ccc(NC(=O)[C@H](C)OC(=O)c2cc(=O)[nH]c3ccc(S(=O)(=O)Nc4ccc(F)cc4)cc23)cc1. The Labute approximate surface area is 217 Å². The second-order valence-electron chi connectivity index (χ2n) is 8.45. The number of esters is 1. The number of hydrogen-bond acceptors (Lipinski definition) is 6. The lowest BCUT2D eigenvalue weighted by Gasteiger charge is -2.15. The summed E-state index contributed by atoms with van der Waals surface area (Å²) in [5.74, 6) is -2.09. The average Bonchev–Trinajstić information content (AvgIpc) is 2.89. The lowest BCUT2D eigenvalue weighted by Crippen LogP contribution is -2.30. The predicted molar refractivity (Wildman–Crippen MR) is 141 cm³/mol. The second-order valence-corrected chi connectivity index (χ2v) is 10.1. The van der Waals surface area contributed by atoms with Crippen molar-refractivity contribution in [1.82, 2.24) is 4.98 Å². The summed E-state index contributed by atoms with van der Waals surface area (Å²) in [6.07, 6.45) is -0.368. The molecule has 1 heterocycles. The number of anilines is 2. The molecule has 4 aromatic rings. The minimum absolute atomic E-state index is 0.0966. The topological polar surface area (TPSA) is 134 Å². The molecule has 4 rings (SSSR count). The predicted octanol–water partition coefficient (Wildman–Crippen LogP) is 4.21. The number of aromatic nitrogens is 1. The van der Waals surface area contributed by atoms with E-state index in [-0.39, 0.29) is 27.0 Å². The van der Waals surface area contributed by atoms with Crippen molar-refractivity contribution in [2.75, 3.05) is 10.0 Å². The number of nitrogens with one attached hydrogen (secondary N) is 3. The van der Waals surface area contributed by atoms with Gasteiger partial charge in [-0.3, -0.25) is 14.3 Å². The van der Waals surface area contributed by atoms with Crippen molar-refractivity contribution in [3.8, 4) is 0 Å². The Bertz CT molecular complexity index is 1670. The van der Waals surface area contributed by atoms with Crippen molar-refractivity contribution in [3.05, 3.63) is 100 Å². The van der Waals surface area contributed by atoms with E-state index in [0.29, 0.717) is 5.69 Å². The normalized spacial score (nSPS) is 12.1. The van der Waals surface area contributed by atoms with E-state index in [2.05, 4.69) is 15.0 Å². The number of aryl methyl sites for hydroxylation is 1. The highest BCUT2D eigenvalue weighted by atomic mass is 32.2. The van der Waals surface area contributed by atoms with E-state index in [1.165, 1.54) is 37.3 Å². The fourth-order valence-corrected chi connectivity index (χ4v) is 4.73. The van der Waals surface area contributed by atoms with Crippen molar-refractivity contribution in [2.45, 2.75) is 31.3 Å². The van der Waals surface area contributed by atoms with Gasteiger partial charge in [0.2, 0.25) is 5.56 Å². The molecule has 0 radical (unpaired) electrons. The van der Waals surface area contributed by atoms with Crippen molar-refractivity contribution < 1.29 is 27.1 Å². The maximum absolute atomic E-state index is 13.2. The van der Waals surface area contributed by atoms with Crippen LogP contribution < -0.4 is 15.6 Å². The Balaban J connectivity index is 1.58. The average molecular weight is 538 g/mol. The summed E-state index contributed by atoms with van der Waals surface area (Å²) in [6, 6.07) is 16.7. The van der Waals surface area contributed by atoms with Gasteiger partial charge in [0, 0.05) is 28.3 Å². The number of carbonyl (C=O) groups is 2. The van der Waals surface area contributed by atoms with Gasteiger partial charge in [-0.25, -0.2) is 17.6 Å². The molecule has 0 fully saturated rings. The van der Waals surface area contributed by atoms with E-state index in [1.54, 1.807) is 12.1 Å². The van der Waals surface area contributed by atoms with Crippen LogP contribution in [-0.2, 0) is 26.0 Å². The molecule has 0 aliphatic heterocycles.